The van der Waals surface area contributed by atoms with E-state index in [1.54, 1.807) is 0 Å². The molecule has 0 atom stereocenters. The van der Waals surface area contributed by atoms with Crippen LogP contribution in [0, 0.1) is 12.3 Å². The van der Waals surface area contributed by atoms with E-state index in [0.29, 0.717) is 12.2 Å². The molecule has 1 N–H and O–H groups in total. The molecule has 0 saturated heterocycles. The highest BCUT2D eigenvalue weighted by Gasteiger charge is 2.62. The van der Waals surface area contributed by atoms with Crippen LogP contribution in [0.25, 0.3) is 0 Å². The molecule has 0 bridgehead atoms. The molecule has 0 unspecified atom stereocenters. The van der Waals surface area contributed by atoms with Gasteiger partial charge in [-0.3, -0.25) is 4.79 Å². The molecule has 118 valence electrons. The maximum Gasteiger partial charge on any atom is 0.352 e. The van der Waals surface area contributed by atoms with Gasteiger partial charge in [-0.2, -0.15) is 8.78 Å². The summed E-state index contributed by atoms with van der Waals surface area (Å²) in [6.45, 7) is 0.0964. The number of carbonyl (C=O) groups is 1. The lowest BCUT2D eigenvalue weighted by Crippen LogP contribution is -2.61. The first-order valence-corrected chi connectivity index (χ1v) is 6.86. The molecule has 0 aliphatic heterocycles. The van der Waals surface area contributed by atoms with Crippen LogP contribution in [0.15, 0.2) is 24.3 Å². The second kappa shape index (κ2) is 5.93. The molecule has 0 heterocycles. The second-order valence-electron chi connectivity index (χ2n) is 5.31. The van der Waals surface area contributed by atoms with Crippen LogP contribution in [-0.4, -0.2) is 36.2 Å². The maximum atomic E-state index is 14.1. The zero-order valence-electron chi connectivity index (χ0n) is 12.2. The van der Waals surface area contributed by atoms with Crippen LogP contribution in [-0.2, 0) is 4.79 Å². The van der Waals surface area contributed by atoms with Gasteiger partial charge in [0.25, 0.3) is 5.91 Å². The molecular weight excluding hydrogens is 292 g/mol. The van der Waals surface area contributed by atoms with Gasteiger partial charge in [0, 0.05) is 12.7 Å². The summed E-state index contributed by atoms with van der Waals surface area (Å²) in [4.78, 5) is 12.9. The molecule has 0 aromatic heterocycles. The first kappa shape index (κ1) is 16.2. The fraction of sp³-hybridized carbons (Fsp3) is 0.438. The van der Waals surface area contributed by atoms with Crippen molar-refractivity contribution in [2.75, 3.05) is 18.6 Å². The first-order valence-electron chi connectivity index (χ1n) is 6.86. The van der Waals surface area contributed by atoms with Gasteiger partial charge < -0.3 is 14.7 Å². The Hall–Kier alpha value is -2.13. The molecule has 0 spiro atoms. The van der Waals surface area contributed by atoms with E-state index in [1.165, 1.54) is 31.3 Å². The van der Waals surface area contributed by atoms with Crippen LogP contribution in [0.5, 0.6) is 5.75 Å². The number of terminal acetylenes is 1. The summed E-state index contributed by atoms with van der Waals surface area (Å²) in [6.07, 6.45) is 5.41. The standard InChI is InChI=1S/C16H17F2NO3/c1-3-11-22-13-7-5-12(6-8-13)19(2)14(20)16(17,18)15(21)9-4-10-15/h1,5-8,21H,4,9-11H2,2H3. The number of alkyl halides is 2. The number of anilines is 1. The Balaban J connectivity index is 2.12. The van der Waals surface area contributed by atoms with Crippen molar-refractivity contribution in [3.8, 4) is 18.1 Å². The highest BCUT2D eigenvalue weighted by atomic mass is 19.3. The van der Waals surface area contributed by atoms with E-state index in [-0.39, 0.29) is 25.1 Å². The van der Waals surface area contributed by atoms with E-state index in [1.807, 2.05) is 0 Å². The zero-order chi connectivity index (χ0) is 16.4. The first-order chi connectivity index (χ1) is 10.3. The van der Waals surface area contributed by atoms with Crippen LogP contribution < -0.4 is 9.64 Å². The highest BCUT2D eigenvalue weighted by Crippen LogP contribution is 2.45. The summed E-state index contributed by atoms with van der Waals surface area (Å²) in [5, 5.41) is 9.81. The molecule has 1 aliphatic rings. The van der Waals surface area contributed by atoms with Crippen LogP contribution in [0.4, 0.5) is 14.5 Å². The van der Waals surface area contributed by atoms with Crippen LogP contribution >= 0.6 is 0 Å². The second-order valence-corrected chi connectivity index (χ2v) is 5.31. The summed E-state index contributed by atoms with van der Waals surface area (Å²) in [7, 11) is 1.25. The Morgan fingerprint density at radius 3 is 2.50 bits per heavy atom. The number of ether oxygens (including phenoxy) is 1. The maximum absolute atomic E-state index is 14.1. The molecule has 2 rings (SSSR count). The monoisotopic (exact) mass is 309 g/mol. The predicted octanol–water partition coefficient (Wildman–Crippen LogP) is 2.21. The van der Waals surface area contributed by atoms with Gasteiger partial charge in [-0.25, -0.2) is 0 Å². The average molecular weight is 309 g/mol. The third-order valence-electron chi connectivity index (χ3n) is 3.88. The molecule has 22 heavy (non-hydrogen) atoms. The fourth-order valence-corrected chi connectivity index (χ4v) is 2.24. The molecule has 0 radical (unpaired) electrons. The van der Waals surface area contributed by atoms with Crippen molar-refractivity contribution in [3.63, 3.8) is 0 Å². The number of halogens is 2. The smallest absolute Gasteiger partial charge is 0.352 e. The van der Waals surface area contributed by atoms with Crippen molar-refractivity contribution in [2.45, 2.75) is 30.8 Å². The molecule has 1 saturated carbocycles. The van der Waals surface area contributed by atoms with Crippen molar-refractivity contribution in [1.82, 2.24) is 0 Å². The van der Waals surface area contributed by atoms with Crippen LogP contribution in [0.1, 0.15) is 19.3 Å². The molecule has 1 aliphatic carbocycles. The Kier molecular flexibility index (Phi) is 4.38. The van der Waals surface area contributed by atoms with Crippen molar-refractivity contribution in [1.29, 1.82) is 0 Å². The summed E-state index contributed by atoms with van der Waals surface area (Å²) in [5.41, 5.74) is -1.95. The third kappa shape index (κ3) is 2.77. The molecular formula is C16H17F2NO3. The lowest BCUT2D eigenvalue weighted by Gasteiger charge is -2.42. The Labute approximate surface area is 127 Å². The van der Waals surface area contributed by atoms with Gasteiger partial charge in [0.15, 0.2) is 0 Å². The summed E-state index contributed by atoms with van der Waals surface area (Å²) in [6, 6.07) is 6.02. The molecule has 6 heteroatoms. The van der Waals surface area contributed by atoms with Crippen molar-refractivity contribution in [2.24, 2.45) is 0 Å². The van der Waals surface area contributed by atoms with Gasteiger partial charge in [-0.15, -0.1) is 6.42 Å². The lowest BCUT2D eigenvalue weighted by molar-refractivity contribution is -0.213. The number of amides is 1. The Bertz CT molecular complexity index is 588. The van der Waals surface area contributed by atoms with E-state index in [2.05, 4.69) is 5.92 Å². The van der Waals surface area contributed by atoms with E-state index in [9.17, 15) is 18.7 Å². The highest BCUT2D eigenvalue weighted by molar-refractivity contribution is 5.99. The largest absolute Gasteiger partial charge is 0.481 e. The number of aliphatic hydroxyl groups is 1. The van der Waals surface area contributed by atoms with Crippen molar-refractivity contribution >= 4 is 11.6 Å². The van der Waals surface area contributed by atoms with E-state index in [0.717, 1.165) is 4.90 Å². The number of hydrogen-bond acceptors (Lipinski definition) is 3. The quantitative estimate of drug-likeness (QED) is 0.849. The Morgan fingerprint density at radius 2 is 2.05 bits per heavy atom. The zero-order valence-corrected chi connectivity index (χ0v) is 12.2. The predicted molar refractivity (Wildman–Crippen MR) is 77.9 cm³/mol. The van der Waals surface area contributed by atoms with Crippen molar-refractivity contribution in [3.05, 3.63) is 24.3 Å². The van der Waals surface area contributed by atoms with E-state index in [4.69, 9.17) is 11.2 Å². The topological polar surface area (TPSA) is 49.8 Å². The Morgan fingerprint density at radius 1 is 1.45 bits per heavy atom. The molecule has 1 aromatic carbocycles. The number of hydrogen-bond donors (Lipinski definition) is 1. The minimum atomic E-state index is -3.81. The molecule has 4 nitrogen and oxygen atoms in total. The minimum absolute atomic E-state index is 0.0710. The lowest BCUT2D eigenvalue weighted by atomic mass is 9.75. The van der Waals surface area contributed by atoms with Gasteiger partial charge in [0.1, 0.15) is 18.0 Å². The molecule has 1 aromatic rings. The van der Waals surface area contributed by atoms with Gasteiger partial charge in [0.2, 0.25) is 0 Å². The van der Waals surface area contributed by atoms with Gasteiger partial charge in [0.05, 0.1) is 0 Å². The number of rotatable bonds is 5. The SMILES string of the molecule is C#CCOc1ccc(N(C)C(=O)C(F)(F)C2(O)CCC2)cc1. The fourth-order valence-electron chi connectivity index (χ4n) is 2.24. The van der Waals surface area contributed by atoms with E-state index >= 15 is 0 Å². The number of carbonyl (C=O) groups excluding carboxylic acids is 1. The average Bonchev–Trinajstić information content (AvgIpc) is 2.49. The van der Waals surface area contributed by atoms with Crippen molar-refractivity contribution < 1.29 is 23.4 Å². The van der Waals surface area contributed by atoms with Gasteiger partial charge in [-0.05, 0) is 43.5 Å². The molecule has 1 amide bonds. The van der Waals surface area contributed by atoms with Crippen LogP contribution in [0.2, 0.25) is 0 Å². The number of benzene rings is 1. The summed E-state index contributed by atoms with van der Waals surface area (Å²) < 4.78 is 33.5. The normalized spacial score (nSPS) is 16.3. The van der Waals surface area contributed by atoms with Gasteiger partial charge >= 0.3 is 5.92 Å². The third-order valence-corrected chi connectivity index (χ3v) is 3.88. The van der Waals surface area contributed by atoms with E-state index < -0.39 is 17.4 Å². The summed E-state index contributed by atoms with van der Waals surface area (Å²) in [5.74, 6) is -2.44. The molecule has 1 fully saturated rings. The minimum Gasteiger partial charge on any atom is -0.481 e. The van der Waals surface area contributed by atoms with Gasteiger partial charge in [-0.1, -0.05) is 5.92 Å². The summed E-state index contributed by atoms with van der Waals surface area (Å²) >= 11 is 0. The number of nitrogens with zero attached hydrogens (tertiary/aromatic N) is 1. The van der Waals surface area contributed by atoms with Crippen LogP contribution in [0.3, 0.4) is 0 Å².